The summed E-state index contributed by atoms with van der Waals surface area (Å²) in [7, 11) is 2.53. The topological polar surface area (TPSA) is 174 Å². The van der Waals surface area contributed by atoms with Crippen LogP contribution in [0.5, 0.6) is 5.75 Å². The first kappa shape index (κ1) is 17.6. The van der Waals surface area contributed by atoms with E-state index < -0.39 is 25.6 Å². The van der Waals surface area contributed by atoms with E-state index in [1.54, 1.807) is 18.2 Å². The lowest BCUT2D eigenvalue weighted by Gasteiger charge is -2.15. The lowest BCUT2D eigenvalue weighted by atomic mass is 10.1. The Kier molecular flexibility index (Phi) is 5.38. The Hall–Kier alpha value is -4.26. The van der Waals surface area contributed by atoms with Gasteiger partial charge in [-0.25, -0.2) is 4.79 Å². The van der Waals surface area contributed by atoms with Crippen LogP contribution in [0.1, 0.15) is 20.5 Å². The number of carbonyl (C=O) groups is 2. The SMILES string of the molecule is [2H]C([2H])([2H])NC(=O)c1nnc(NC(=O)OC)cc1Nc1cccc(-c2noc(CO)n2)c1OC. The highest BCUT2D eigenvalue weighted by atomic mass is 16.5. The number of aliphatic hydroxyl groups excluding tert-OH is 1. The number of nitrogens with zero attached hydrogens (tertiary/aromatic N) is 4. The van der Waals surface area contributed by atoms with E-state index in [0.717, 1.165) is 7.11 Å². The second-order valence-corrected chi connectivity index (χ2v) is 5.74. The summed E-state index contributed by atoms with van der Waals surface area (Å²) in [6.07, 6.45) is -0.837. The summed E-state index contributed by atoms with van der Waals surface area (Å²) in [6.45, 7) is -3.23. The van der Waals surface area contributed by atoms with Gasteiger partial charge in [0.25, 0.3) is 11.8 Å². The van der Waals surface area contributed by atoms with Crippen molar-refractivity contribution < 1.29 is 32.8 Å². The third-order valence-corrected chi connectivity index (χ3v) is 3.87. The molecule has 0 bridgehead atoms. The number of ether oxygens (including phenoxy) is 2. The number of benzene rings is 1. The fourth-order valence-corrected chi connectivity index (χ4v) is 2.54. The Morgan fingerprint density at radius 3 is 2.77 bits per heavy atom. The van der Waals surface area contributed by atoms with Gasteiger partial charge in [-0.15, -0.1) is 10.2 Å². The molecule has 0 aliphatic heterocycles. The minimum Gasteiger partial charge on any atom is -0.494 e. The number of hydrogen-bond donors (Lipinski definition) is 4. The summed E-state index contributed by atoms with van der Waals surface area (Å²) in [5.41, 5.74) is 0.304. The Labute approximate surface area is 180 Å². The van der Waals surface area contributed by atoms with E-state index in [4.69, 9.17) is 13.4 Å². The zero-order valence-corrected chi connectivity index (χ0v) is 16.3. The molecule has 3 aromatic rings. The highest BCUT2D eigenvalue weighted by Crippen LogP contribution is 2.37. The molecule has 0 aliphatic carbocycles. The number of anilines is 3. The molecule has 0 saturated heterocycles. The van der Waals surface area contributed by atoms with Crippen LogP contribution in [-0.2, 0) is 11.3 Å². The van der Waals surface area contributed by atoms with Crippen LogP contribution >= 0.6 is 0 Å². The van der Waals surface area contributed by atoms with E-state index in [-0.39, 0.29) is 34.7 Å². The monoisotopic (exact) mass is 432 g/mol. The molecule has 162 valence electrons. The van der Waals surface area contributed by atoms with E-state index in [9.17, 15) is 14.7 Å². The Morgan fingerprint density at radius 2 is 2.10 bits per heavy atom. The van der Waals surface area contributed by atoms with E-state index in [2.05, 4.69) is 35.7 Å². The highest BCUT2D eigenvalue weighted by molar-refractivity contribution is 5.99. The van der Waals surface area contributed by atoms with Gasteiger partial charge in [-0.1, -0.05) is 11.2 Å². The molecular weight excluding hydrogens is 410 g/mol. The van der Waals surface area contributed by atoms with Gasteiger partial charge in [-0.2, -0.15) is 4.98 Å². The molecule has 0 atom stereocenters. The summed E-state index contributed by atoms with van der Waals surface area (Å²) in [6, 6.07) is 6.10. The number of amides is 2. The predicted octanol–water partition coefficient (Wildman–Crippen LogP) is 1.31. The zero-order valence-electron chi connectivity index (χ0n) is 19.3. The van der Waals surface area contributed by atoms with Crippen LogP contribution < -0.4 is 20.7 Å². The van der Waals surface area contributed by atoms with Crippen LogP contribution in [0, 0.1) is 0 Å². The molecule has 0 saturated carbocycles. The highest BCUT2D eigenvalue weighted by Gasteiger charge is 2.20. The van der Waals surface area contributed by atoms with E-state index in [1.807, 2.05) is 5.32 Å². The number of hydrogen-bond acceptors (Lipinski definition) is 11. The molecule has 2 amide bonds. The largest absolute Gasteiger partial charge is 0.494 e. The normalized spacial score (nSPS) is 12.2. The van der Waals surface area contributed by atoms with Crippen molar-refractivity contribution in [2.75, 3.05) is 31.8 Å². The predicted molar refractivity (Wildman–Crippen MR) is 107 cm³/mol. The maximum Gasteiger partial charge on any atom is 0.412 e. The Balaban J connectivity index is 2.05. The van der Waals surface area contributed by atoms with Crippen molar-refractivity contribution in [3.63, 3.8) is 0 Å². The van der Waals surface area contributed by atoms with Crippen LogP contribution in [0.2, 0.25) is 0 Å². The van der Waals surface area contributed by atoms with Gasteiger partial charge in [0.05, 0.1) is 31.2 Å². The van der Waals surface area contributed by atoms with E-state index in [0.29, 0.717) is 11.3 Å². The average Bonchev–Trinajstić information content (AvgIpc) is 3.27. The third kappa shape index (κ3) is 4.67. The molecule has 2 aromatic heterocycles. The van der Waals surface area contributed by atoms with E-state index >= 15 is 0 Å². The number of methoxy groups -OCH3 is 2. The van der Waals surface area contributed by atoms with Gasteiger partial charge in [-0.05, 0) is 12.1 Å². The minimum atomic E-state index is -2.78. The van der Waals surface area contributed by atoms with Crippen molar-refractivity contribution in [2.45, 2.75) is 6.61 Å². The minimum absolute atomic E-state index is 0.00380. The van der Waals surface area contributed by atoms with Gasteiger partial charge in [0, 0.05) is 17.2 Å². The molecule has 0 spiro atoms. The Morgan fingerprint density at radius 1 is 1.26 bits per heavy atom. The molecule has 3 rings (SSSR count). The Bertz CT molecular complexity index is 1200. The fourth-order valence-electron chi connectivity index (χ4n) is 2.54. The molecule has 31 heavy (non-hydrogen) atoms. The van der Waals surface area contributed by atoms with Crippen molar-refractivity contribution in [1.82, 2.24) is 25.7 Å². The van der Waals surface area contributed by atoms with Gasteiger partial charge >= 0.3 is 6.09 Å². The summed E-state index contributed by atoms with van der Waals surface area (Å²) >= 11 is 0. The first-order valence-electron chi connectivity index (χ1n) is 10.1. The van der Waals surface area contributed by atoms with Crippen LogP contribution in [-0.4, -0.2) is 58.6 Å². The first-order chi connectivity index (χ1) is 16.1. The fraction of sp³-hybridized carbons (Fsp3) is 0.222. The van der Waals surface area contributed by atoms with Crippen molar-refractivity contribution in [3.8, 4) is 17.1 Å². The number of rotatable bonds is 7. The number of aliphatic hydroxyl groups is 1. The quantitative estimate of drug-likeness (QED) is 0.424. The second kappa shape index (κ2) is 9.49. The molecule has 13 heteroatoms. The van der Waals surface area contributed by atoms with Crippen LogP contribution in [0.3, 0.4) is 0 Å². The number of para-hydroxylation sites is 1. The van der Waals surface area contributed by atoms with Crippen LogP contribution in [0.15, 0.2) is 28.8 Å². The number of aromatic nitrogens is 4. The molecule has 0 unspecified atom stereocenters. The lowest BCUT2D eigenvalue weighted by Crippen LogP contribution is -2.22. The number of nitrogens with one attached hydrogen (secondary N) is 3. The smallest absolute Gasteiger partial charge is 0.412 e. The van der Waals surface area contributed by atoms with E-state index in [1.165, 1.54) is 13.2 Å². The van der Waals surface area contributed by atoms with Gasteiger partial charge < -0.3 is 29.7 Å². The average molecular weight is 432 g/mol. The molecule has 4 N–H and O–H groups in total. The summed E-state index contributed by atoms with van der Waals surface area (Å²) < 4.78 is 36.7. The zero-order chi connectivity index (χ0) is 24.9. The summed E-state index contributed by atoms with van der Waals surface area (Å²) in [5.74, 6) is -0.767. The van der Waals surface area contributed by atoms with Gasteiger partial charge in [0.15, 0.2) is 17.3 Å². The number of carbonyl (C=O) groups excluding carboxylic acids is 2. The maximum absolute atomic E-state index is 12.5. The molecule has 13 nitrogen and oxygen atoms in total. The third-order valence-electron chi connectivity index (χ3n) is 3.87. The molecule has 1 aromatic carbocycles. The van der Waals surface area contributed by atoms with Crippen LogP contribution in [0.4, 0.5) is 22.0 Å². The molecule has 0 aliphatic rings. The van der Waals surface area contributed by atoms with Crippen LogP contribution in [0.25, 0.3) is 11.4 Å². The lowest BCUT2D eigenvalue weighted by molar-refractivity contribution is 0.0958. The van der Waals surface area contributed by atoms with Gasteiger partial charge in [0.2, 0.25) is 5.82 Å². The molecule has 0 fully saturated rings. The van der Waals surface area contributed by atoms with Crippen molar-refractivity contribution in [2.24, 2.45) is 0 Å². The first-order valence-corrected chi connectivity index (χ1v) is 8.58. The molecule has 2 heterocycles. The van der Waals surface area contributed by atoms with Crippen molar-refractivity contribution >= 4 is 29.2 Å². The molecule has 0 radical (unpaired) electrons. The van der Waals surface area contributed by atoms with Crippen molar-refractivity contribution in [3.05, 3.63) is 35.9 Å². The van der Waals surface area contributed by atoms with Gasteiger partial charge in [0.1, 0.15) is 6.61 Å². The maximum atomic E-state index is 12.5. The van der Waals surface area contributed by atoms with Gasteiger partial charge in [-0.3, -0.25) is 10.1 Å². The molecular formula is C18H19N7O6. The summed E-state index contributed by atoms with van der Waals surface area (Å²) in [5, 5.41) is 27.5. The second-order valence-electron chi connectivity index (χ2n) is 5.74. The van der Waals surface area contributed by atoms with Crippen molar-refractivity contribution in [1.29, 1.82) is 0 Å². The standard InChI is InChI=1S/C18H19N7O6/c1-19-17(27)14-11(7-12(23-24-14)21-18(28)30-3)20-10-6-4-5-9(15(10)29-2)16-22-13(8-26)31-25-16/h4-7,26H,8H2,1-3H3,(H,19,27)(H2,20,21,23,28)/i1D3. The summed E-state index contributed by atoms with van der Waals surface area (Å²) in [4.78, 5) is 28.1.